The Morgan fingerprint density at radius 1 is 1.30 bits per heavy atom. The molecular formula is C19H19ClFN5O. The SMILES string of the molecule is CC(c1ccc(-n2cncn2)cc1)N(C)CC(=O)Nc1ccc(Cl)cc1F. The van der Waals surface area contributed by atoms with Gasteiger partial charge >= 0.3 is 0 Å². The van der Waals surface area contributed by atoms with Crippen LogP contribution in [0.25, 0.3) is 5.69 Å². The van der Waals surface area contributed by atoms with E-state index in [2.05, 4.69) is 15.4 Å². The molecule has 3 rings (SSSR count). The predicted octanol–water partition coefficient (Wildman–Crippen LogP) is 3.69. The van der Waals surface area contributed by atoms with E-state index >= 15 is 0 Å². The van der Waals surface area contributed by atoms with Crippen LogP contribution in [-0.4, -0.2) is 39.2 Å². The molecule has 0 spiro atoms. The number of carbonyl (C=O) groups is 1. The first-order valence-electron chi connectivity index (χ1n) is 8.34. The second-order valence-electron chi connectivity index (χ2n) is 6.20. The van der Waals surface area contributed by atoms with Crippen molar-refractivity contribution in [2.45, 2.75) is 13.0 Å². The second-order valence-corrected chi connectivity index (χ2v) is 6.63. The zero-order chi connectivity index (χ0) is 19.4. The number of aromatic nitrogens is 3. The van der Waals surface area contributed by atoms with E-state index in [1.54, 1.807) is 11.0 Å². The lowest BCUT2D eigenvalue weighted by molar-refractivity contribution is -0.117. The summed E-state index contributed by atoms with van der Waals surface area (Å²) in [6.45, 7) is 2.12. The number of halogens is 2. The number of carbonyl (C=O) groups excluding carboxylic acids is 1. The average molecular weight is 388 g/mol. The fourth-order valence-corrected chi connectivity index (χ4v) is 2.80. The number of hydrogen-bond donors (Lipinski definition) is 1. The van der Waals surface area contributed by atoms with E-state index in [4.69, 9.17) is 11.6 Å². The first-order chi connectivity index (χ1) is 12.9. The molecular weight excluding hydrogens is 369 g/mol. The number of hydrogen-bond acceptors (Lipinski definition) is 4. The molecule has 1 N–H and O–H groups in total. The third-order valence-electron chi connectivity index (χ3n) is 4.32. The molecule has 2 aromatic carbocycles. The van der Waals surface area contributed by atoms with Crippen LogP contribution in [0.1, 0.15) is 18.5 Å². The van der Waals surface area contributed by atoms with E-state index in [1.165, 1.54) is 24.5 Å². The number of rotatable bonds is 6. The third kappa shape index (κ3) is 4.69. The van der Waals surface area contributed by atoms with Crippen LogP contribution in [0, 0.1) is 5.82 Å². The van der Waals surface area contributed by atoms with Crippen molar-refractivity contribution in [2.75, 3.05) is 18.9 Å². The maximum Gasteiger partial charge on any atom is 0.238 e. The maximum atomic E-state index is 13.8. The summed E-state index contributed by atoms with van der Waals surface area (Å²) in [5, 5.41) is 6.94. The molecule has 140 valence electrons. The van der Waals surface area contributed by atoms with Gasteiger partial charge in [0.1, 0.15) is 18.5 Å². The summed E-state index contributed by atoms with van der Waals surface area (Å²) in [6, 6.07) is 12.0. The van der Waals surface area contributed by atoms with Crippen molar-refractivity contribution in [2.24, 2.45) is 0 Å². The van der Waals surface area contributed by atoms with Gasteiger partial charge in [0.15, 0.2) is 0 Å². The molecule has 3 aromatic rings. The summed E-state index contributed by atoms with van der Waals surface area (Å²) in [7, 11) is 1.84. The molecule has 27 heavy (non-hydrogen) atoms. The van der Waals surface area contributed by atoms with Gasteiger partial charge in [-0.15, -0.1) is 0 Å². The van der Waals surface area contributed by atoms with Gasteiger partial charge in [0.2, 0.25) is 5.91 Å². The Bertz CT molecular complexity index is 914. The lowest BCUT2D eigenvalue weighted by Gasteiger charge is -2.24. The van der Waals surface area contributed by atoms with Crippen molar-refractivity contribution in [1.82, 2.24) is 19.7 Å². The smallest absolute Gasteiger partial charge is 0.238 e. The van der Waals surface area contributed by atoms with E-state index < -0.39 is 5.82 Å². The summed E-state index contributed by atoms with van der Waals surface area (Å²) < 4.78 is 15.5. The number of amides is 1. The molecule has 0 saturated carbocycles. The van der Waals surface area contributed by atoms with Crippen molar-refractivity contribution in [3.05, 3.63) is 71.5 Å². The molecule has 1 aromatic heterocycles. The second kappa shape index (κ2) is 8.28. The highest BCUT2D eigenvalue weighted by Crippen LogP contribution is 2.21. The van der Waals surface area contributed by atoms with Gasteiger partial charge in [0.05, 0.1) is 17.9 Å². The fraction of sp³-hybridized carbons (Fsp3) is 0.211. The van der Waals surface area contributed by atoms with Crippen LogP contribution in [0.4, 0.5) is 10.1 Å². The maximum absolute atomic E-state index is 13.8. The van der Waals surface area contributed by atoms with E-state index in [0.29, 0.717) is 0 Å². The summed E-state index contributed by atoms with van der Waals surface area (Å²) in [6.07, 6.45) is 3.11. The highest BCUT2D eigenvalue weighted by atomic mass is 35.5. The molecule has 1 atom stereocenters. The van der Waals surface area contributed by atoms with E-state index in [-0.39, 0.29) is 29.2 Å². The quantitative estimate of drug-likeness (QED) is 0.700. The van der Waals surface area contributed by atoms with Gasteiger partial charge in [0.25, 0.3) is 0 Å². The Labute approximate surface area is 161 Å². The van der Waals surface area contributed by atoms with E-state index in [0.717, 1.165) is 11.3 Å². The molecule has 0 saturated heterocycles. The monoisotopic (exact) mass is 387 g/mol. The minimum Gasteiger partial charge on any atom is -0.322 e. The zero-order valence-corrected chi connectivity index (χ0v) is 15.7. The van der Waals surface area contributed by atoms with Crippen LogP contribution in [0.3, 0.4) is 0 Å². The van der Waals surface area contributed by atoms with E-state index in [1.807, 2.05) is 43.1 Å². The van der Waals surface area contributed by atoms with Crippen LogP contribution in [0.5, 0.6) is 0 Å². The summed E-state index contributed by atoms with van der Waals surface area (Å²) >= 11 is 5.72. The highest BCUT2D eigenvalue weighted by molar-refractivity contribution is 6.30. The summed E-state index contributed by atoms with van der Waals surface area (Å²) in [4.78, 5) is 18.0. The van der Waals surface area contributed by atoms with Crippen LogP contribution in [0.15, 0.2) is 55.1 Å². The average Bonchev–Trinajstić information content (AvgIpc) is 3.18. The molecule has 1 amide bonds. The fourth-order valence-electron chi connectivity index (χ4n) is 2.65. The van der Waals surface area contributed by atoms with Gasteiger partial charge in [0, 0.05) is 11.1 Å². The van der Waals surface area contributed by atoms with Crippen molar-refractivity contribution in [1.29, 1.82) is 0 Å². The summed E-state index contributed by atoms with van der Waals surface area (Å²) in [5.74, 6) is -0.861. The largest absolute Gasteiger partial charge is 0.322 e. The molecule has 1 heterocycles. The molecule has 0 aliphatic carbocycles. The normalized spacial score (nSPS) is 12.2. The van der Waals surface area contributed by atoms with Gasteiger partial charge < -0.3 is 5.32 Å². The van der Waals surface area contributed by atoms with Gasteiger partial charge in [-0.1, -0.05) is 23.7 Å². The molecule has 0 aliphatic rings. The van der Waals surface area contributed by atoms with E-state index in [9.17, 15) is 9.18 Å². The van der Waals surface area contributed by atoms with Crippen molar-refractivity contribution in [3.8, 4) is 5.69 Å². The topological polar surface area (TPSA) is 63.1 Å². The van der Waals surface area contributed by atoms with Gasteiger partial charge in [-0.3, -0.25) is 9.69 Å². The van der Waals surface area contributed by atoms with Crippen LogP contribution >= 0.6 is 11.6 Å². The molecule has 0 radical (unpaired) electrons. The van der Waals surface area contributed by atoms with Gasteiger partial charge in [-0.05, 0) is 49.9 Å². The zero-order valence-electron chi connectivity index (χ0n) is 14.9. The van der Waals surface area contributed by atoms with Crippen LogP contribution in [0.2, 0.25) is 5.02 Å². The molecule has 0 bridgehead atoms. The Morgan fingerprint density at radius 3 is 2.67 bits per heavy atom. The first kappa shape index (κ1) is 19.0. The Kier molecular flexibility index (Phi) is 5.83. The number of benzene rings is 2. The highest BCUT2D eigenvalue weighted by Gasteiger charge is 2.16. The Hall–Kier alpha value is -2.77. The molecule has 0 fully saturated rings. The number of nitrogens with one attached hydrogen (secondary N) is 1. The molecule has 6 nitrogen and oxygen atoms in total. The van der Waals surface area contributed by atoms with Crippen molar-refractivity contribution >= 4 is 23.2 Å². The lowest BCUT2D eigenvalue weighted by Crippen LogP contribution is -2.32. The number of likely N-dealkylation sites (N-methyl/N-ethyl adjacent to an activating group) is 1. The predicted molar refractivity (Wildman–Crippen MR) is 102 cm³/mol. The van der Waals surface area contributed by atoms with Crippen LogP contribution in [-0.2, 0) is 4.79 Å². The van der Waals surface area contributed by atoms with Gasteiger partial charge in [-0.25, -0.2) is 14.1 Å². The molecule has 0 aliphatic heterocycles. The standard InChI is InChI=1S/C19H19ClFN5O/c1-13(14-3-6-16(7-4-14)26-12-22-11-23-26)25(2)10-19(27)24-18-8-5-15(20)9-17(18)21/h3-9,11-13H,10H2,1-2H3,(H,24,27). The van der Waals surface area contributed by atoms with Crippen molar-refractivity contribution in [3.63, 3.8) is 0 Å². The summed E-state index contributed by atoms with van der Waals surface area (Å²) in [5.41, 5.74) is 2.07. The molecule has 1 unspecified atom stereocenters. The third-order valence-corrected chi connectivity index (χ3v) is 4.55. The minimum absolute atomic E-state index is 0.00406. The minimum atomic E-state index is -0.560. The number of anilines is 1. The Balaban J connectivity index is 1.61. The van der Waals surface area contributed by atoms with Crippen molar-refractivity contribution < 1.29 is 9.18 Å². The first-order valence-corrected chi connectivity index (χ1v) is 8.72. The van der Waals surface area contributed by atoms with Crippen LogP contribution < -0.4 is 5.32 Å². The number of nitrogens with zero attached hydrogens (tertiary/aromatic N) is 4. The molecule has 8 heteroatoms. The van der Waals surface area contributed by atoms with Gasteiger partial charge in [-0.2, -0.15) is 5.10 Å². The lowest BCUT2D eigenvalue weighted by atomic mass is 10.1. The Morgan fingerprint density at radius 2 is 2.04 bits per heavy atom.